The molecule has 8 heteroatoms. The summed E-state index contributed by atoms with van der Waals surface area (Å²) in [5, 5.41) is 12.8. The third kappa shape index (κ3) is 3.48. The lowest BCUT2D eigenvalue weighted by atomic mass is 9.93. The van der Waals surface area contributed by atoms with E-state index in [2.05, 4.69) is 46.3 Å². The van der Waals surface area contributed by atoms with Crippen molar-refractivity contribution in [3.63, 3.8) is 0 Å². The van der Waals surface area contributed by atoms with Crippen LogP contribution < -0.4 is 11.0 Å². The summed E-state index contributed by atoms with van der Waals surface area (Å²) in [5.41, 5.74) is 2.87. The predicted molar refractivity (Wildman–Crippen MR) is 107 cm³/mol. The van der Waals surface area contributed by atoms with Crippen molar-refractivity contribution in [2.45, 2.75) is 32.7 Å². The smallest absolute Gasteiger partial charge is 0.347 e. The van der Waals surface area contributed by atoms with E-state index in [1.807, 2.05) is 35.7 Å². The second-order valence-electron chi connectivity index (χ2n) is 7.29. The molecule has 0 aliphatic heterocycles. The Balaban J connectivity index is 1.62. The monoisotopic (exact) mass is 380 g/mol. The predicted octanol–water partition coefficient (Wildman–Crippen LogP) is 3.45. The standard InChI is InChI=1S/C19H20N6OS/c1-19(2,3)14-10-25-17(23-24-18(25)26)16(22-14)20-9-15-21-13(11-27-15)12-7-5-4-6-8-12/h4-8,10-11H,9H2,1-3H3,(H,20,22)(H,24,26). The van der Waals surface area contributed by atoms with E-state index in [0.717, 1.165) is 22.0 Å². The molecule has 7 nitrogen and oxygen atoms in total. The molecule has 2 N–H and O–H groups in total. The normalized spacial score (nSPS) is 11.8. The van der Waals surface area contributed by atoms with E-state index in [9.17, 15) is 4.79 Å². The van der Waals surface area contributed by atoms with Gasteiger partial charge in [-0.15, -0.1) is 16.4 Å². The van der Waals surface area contributed by atoms with E-state index in [4.69, 9.17) is 0 Å². The van der Waals surface area contributed by atoms with Crippen LogP contribution in [0.5, 0.6) is 0 Å². The highest BCUT2D eigenvalue weighted by Crippen LogP contribution is 2.25. The number of aromatic nitrogens is 5. The van der Waals surface area contributed by atoms with Crippen LogP contribution in [-0.2, 0) is 12.0 Å². The lowest BCUT2D eigenvalue weighted by molar-refractivity contribution is 0.565. The Labute approximate surface area is 160 Å². The van der Waals surface area contributed by atoms with Gasteiger partial charge in [0.2, 0.25) is 5.65 Å². The molecular weight excluding hydrogens is 360 g/mol. The highest BCUT2D eigenvalue weighted by molar-refractivity contribution is 7.09. The number of aromatic amines is 1. The third-order valence-corrected chi connectivity index (χ3v) is 5.05. The lowest BCUT2D eigenvalue weighted by Gasteiger charge is -2.18. The Morgan fingerprint density at radius 3 is 2.70 bits per heavy atom. The fourth-order valence-corrected chi connectivity index (χ4v) is 3.43. The quantitative estimate of drug-likeness (QED) is 0.566. The lowest BCUT2D eigenvalue weighted by Crippen LogP contribution is -2.19. The molecule has 0 saturated heterocycles. The summed E-state index contributed by atoms with van der Waals surface area (Å²) >= 11 is 1.59. The van der Waals surface area contributed by atoms with Gasteiger partial charge in [-0.25, -0.2) is 24.3 Å². The fourth-order valence-electron chi connectivity index (χ4n) is 2.69. The Bertz CT molecular complexity index is 1140. The van der Waals surface area contributed by atoms with E-state index in [1.165, 1.54) is 4.40 Å². The Morgan fingerprint density at radius 1 is 1.19 bits per heavy atom. The summed E-state index contributed by atoms with van der Waals surface area (Å²) in [6, 6.07) is 10.1. The van der Waals surface area contributed by atoms with Gasteiger partial charge in [-0.2, -0.15) is 0 Å². The number of H-pyrrole nitrogens is 1. The number of hydrogen-bond acceptors (Lipinski definition) is 6. The van der Waals surface area contributed by atoms with Gasteiger partial charge in [0.15, 0.2) is 5.82 Å². The zero-order chi connectivity index (χ0) is 19.0. The van der Waals surface area contributed by atoms with Gasteiger partial charge in [0.1, 0.15) is 5.01 Å². The molecule has 0 radical (unpaired) electrons. The number of thiazole rings is 1. The number of fused-ring (bicyclic) bond motifs is 1. The fraction of sp³-hybridized carbons (Fsp3) is 0.263. The molecule has 0 spiro atoms. The molecule has 0 aliphatic rings. The van der Waals surface area contributed by atoms with Crippen molar-refractivity contribution in [2.75, 3.05) is 5.32 Å². The summed E-state index contributed by atoms with van der Waals surface area (Å²) in [5.74, 6) is 0.567. The number of rotatable bonds is 4. The van der Waals surface area contributed by atoms with Gasteiger partial charge in [-0.05, 0) is 0 Å². The number of nitrogens with zero attached hydrogens (tertiary/aromatic N) is 4. The molecule has 4 rings (SSSR count). The second kappa shape index (κ2) is 6.62. The topological polar surface area (TPSA) is 88.0 Å². The minimum atomic E-state index is -0.276. The first kappa shape index (κ1) is 17.4. The van der Waals surface area contributed by atoms with Gasteiger partial charge in [0, 0.05) is 22.6 Å². The second-order valence-corrected chi connectivity index (χ2v) is 8.24. The average molecular weight is 380 g/mol. The van der Waals surface area contributed by atoms with Crippen molar-refractivity contribution in [3.05, 3.63) is 63.1 Å². The summed E-state index contributed by atoms with van der Waals surface area (Å²) in [6.45, 7) is 6.68. The SMILES string of the molecule is CC(C)(C)c1cn2c(=O)[nH]nc2c(NCc2nc(-c3ccccc3)cs2)n1. The maximum Gasteiger partial charge on any atom is 0.347 e. The van der Waals surface area contributed by atoms with Crippen LogP contribution in [0.2, 0.25) is 0 Å². The maximum absolute atomic E-state index is 12.0. The van der Waals surface area contributed by atoms with E-state index < -0.39 is 0 Å². The molecule has 0 amide bonds. The largest absolute Gasteiger partial charge is 0.360 e. The Hall–Kier alpha value is -3.00. The molecule has 0 unspecified atom stereocenters. The summed E-state index contributed by atoms with van der Waals surface area (Å²) in [7, 11) is 0. The first-order valence-electron chi connectivity index (χ1n) is 8.64. The van der Waals surface area contributed by atoms with E-state index in [0.29, 0.717) is 18.0 Å². The molecule has 0 bridgehead atoms. The Kier molecular flexibility index (Phi) is 4.27. The molecule has 4 aromatic rings. The first-order chi connectivity index (χ1) is 12.9. The van der Waals surface area contributed by atoms with Crippen LogP contribution in [0.25, 0.3) is 16.9 Å². The Morgan fingerprint density at radius 2 is 1.96 bits per heavy atom. The molecule has 3 heterocycles. The highest BCUT2D eigenvalue weighted by atomic mass is 32.1. The van der Waals surface area contributed by atoms with Crippen molar-refractivity contribution in [2.24, 2.45) is 0 Å². The number of hydrogen-bond donors (Lipinski definition) is 2. The molecular formula is C19H20N6OS. The molecule has 3 aromatic heterocycles. The van der Waals surface area contributed by atoms with Gasteiger partial charge in [-0.3, -0.25) is 0 Å². The van der Waals surface area contributed by atoms with Crippen LogP contribution in [0, 0.1) is 0 Å². The van der Waals surface area contributed by atoms with Gasteiger partial charge in [0.05, 0.1) is 17.9 Å². The van der Waals surface area contributed by atoms with Crippen LogP contribution in [0.1, 0.15) is 31.5 Å². The van der Waals surface area contributed by atoms with Crippen molar-refractivity contribution >= 4 is 22.8 Å². The number of nitrogens with one attached hydrogen (secondary N) is 2. The number of anilines is 1. The van der Waals surface area contributed by atoms with Crippen LogP contribution >= 0.6 is 11.3 Å². The zero-order valence-corrected chi connectivity index (χ0v) is 16.2. The summed E-state index contributed by atoms with van der Waals surface area (Å²) in [6.07, 6.45) is 1.74. The van der Waals surface area contributed by atoms with Gasteiger partial charge >= 0.3 is 5.69 Å². The molecule has 0 fully saturated rings. The molecule has 0 saturated carbocycles. The first-order valence-corrected chi connectivity index (χ1v) is 9.52. The molecule has 27 heavy (non-hydrogen) atoms. The zero-order valence-electron chi connectivity index (χ0n) is 15.4. The minimum absolute atomic E-state index is 0.191. The maximum atomic E-state index is 12.0. The third-order valence-electron chi connectivity index (χ3n) is 4.20. The van der Waals surface area contributed by atoms with Crippen molar-refractivity contribution in [1.29, 1.82) is 0 Å². The van der Waals surface area contributed by atoms with Crippen LogP contribution in [0.15, 0.2) is 46.7 Å². The van der Waals surface area contributed by atoms with Gasteiger partial charge < -0.3 is 5.32 Å². The molecule has 138 valence electrons. The van der Waals surface area contributed by atoms with Crippen molar-refractivity contribution in [3.8, 4) is 11.3 Å². The van der Waals surface area contributed by atoms with E-state index in [1.54, 1.807) is 17.5 Å². The summed E-state index contributed by atoms with van der Waals surface area (Å²) < 4.78 is 1.49. The van der Waals surface area contributed by atoms with E-state index >= 15 is 0 Å². The van der Waals surface area contributed by atoms with Crippen molar-refractivity contribution in [1.82, 2.24) is 24.6 Å². The van der Waals surface area contributed by atoms with Gasteiger partial charge in [0.25, 0.3) is 0 Å². The van der Waals surface area contributed by atoms with E-state index in [-0.39, 0.29) is 11.1 Å². The van der Waals surface area contributed by atoms with Crippen LogP contribution in [0.4, 0.5) is 5.82 Å². The van der Waals surface area contributed by atoms with Crippen molar-refractivity contribution < 1.29 is 0 Å². The molecule has 0 atom stereocenters. The van der Waals surface area contributed by atoms with Gasteiger partial charge in [-0.1, -0.05) is 51.1 Å². The molecule has 0 aliphatic carbocycles. The number of benzene rings is 1. The van der Waals surface area contributed by atoms with Crippen LogP contribution in [-0.4, -0.2) is 24.6 Å². The molecule has 1 aromatic carbocycles. The van der Waals surface area contributed by atoms with Crippen LogP contribution in [0.3, 0.4) is 0 Å². The summed E-state index contributed by atoms with van der Waals surface area (Å²) in [4.78, 5) is 21.4. The average Bonchev–Trinajstić information content (AvgIpc) is 3.27. The highest BCUT2D eigenvalue weighted by Gasteiger charge is 2.20. The minimum Gasteiger partial charge on any atom is -0.360 e.